The molecule has 0 aromatic carbocycles. The van der Waals surface area contributed by atoms with E-state index in [1.54, 1.807) is 41.1 Å². The van der Waals surface area contributed by atoms with Crippen LogP contribution in [0.4, 0.5) is 0 Å². The molecule has 3 N–H and O–H groups in total. The van der Waals surface area contributed by atoms with Crippen LogP contribution < -0.4 is 0 Å². The molecule has 0 aromatic rings. The monoisotopic (exact) mass is 884 g/mol. The Hall–Kier alpha value is -3.33. The second-order valence-electron chi connectivity index (χ2n) is 19.3. The number of ketones is 3. The lowest BCUT2D eigenvalue weighted by Crippen LogP contribution is -2.61. The van der Waals surface area contributed by atoms with E-state index < -0.39 is 71.8 Å². The van der Waals surface area contributed by atoms with E-state index >= 15 is 0 Å². The summed E-state index contributed by atoms with van der Waals surface area (Å²) < 4.78 is 23.8. The lowest BCUT2D eigenvalue weighted by molar-refractivity contribution is -0.265. The summed E-state index contributed by atoms with van der Waals surface area (Å²) in [6.07, 6.45) is 13.0. The standard InChI is InChI=1S/C50H77NO12/c1-30-15-11-10-12-16-31(2)44(60-8)27-38-20-18-36(7)50(59,63-38)47(56)48(57)51-22-14-13-17-39(51)49(58)62-45(35(6)25-37-19-21-40(52)46(26-37)61-9)29-43(55)34(5)24-33(4)42(54)28-41(53)32(3)23-30/h10-12,15-16,24,30,32,34-40,42,44-46,52,54,59H,13-14,17-23,25-29H2,1-9H3/b12-10+,15-11+,31-16-,33-24+. The summed E-state index contributed by atoms with van der Waals surface area (Å²) in [4.78, 5) is 71.1. The van der Waals surface area contributed by atoms with Gasteiger partial charge in [0, 0.05) is 57.8 Å². The maximum Gasteiger partial charge on any atom is 0.329 e. The smallest absolute Gasteiger partial charge is 0.329 e. The van der Waals surface area contributed by atoms with Crippen LogP contribution in [-0.4, -0.2) is 119 Å². The van der Waals surface area contributed by atoms with Crippen LogP contribution in [-0.2, 0) is 42.9 Å². The first-order chi connectivity index (χ1) is 29.8. The van der Waals surface area contributed by atoms with E-state index in [-0.39, 0.29) is 67.1 Å². The molecule has 4 rings (SSSR count). The molecule has 3 heterocycles. The molecule has 13 heteroatoms. The van der Waals surface area contributed by atoms with Crippen LogP contribution in [0.25, 0.3) is 0 Å². The molecule has 1 saturated carbocycles. The summed E-state index contributed by atoms with van der Waals surface area (Å²) in [6, 6.07) is -1.12. The molecule has 14 unspecified atom stereocenters. The van der Waals surface area contributed by atoms with E-state index in [1.165, 1.54) is 4.90 Å². The van der Waals surface area contributed by atoms with Crippen molar-refractivity contribution in [1.82, 2.24) is 4.90 Å². The van der Waals surface area contributed by atoms with Crippen LogP contribution in [0.2, 0.25) is 0 Å². The molecule has 4 aliphatic rings. The number of hydrogen-bond acceptors (Lipinski definition) is 12. The Morgan fingerprint density at radius 2 is 1.57 bits per heavy atom. The number of fused-ring (bicyclic) bond motifs is 3. The number of Topliss-reactive ketones (excluding diaryl/α,β-unsaturated/α-hetero) is 3. The second kappa shape index (κ2) is 24.3. The molecule has 0 radical (unpaired) electrons. The summed E-state index contributed by atoms with van der Waals surface area (Å²) in [5.41, 5.74) is 1.39. The molecule has 13 nitrogen and oxygen atoms in total. The van der Waals surface area contributed by atoms with Gasteiger partial charge in [0.15, 0.2) is 0 Å². The lowest BCUT2D eigenvalue weighted by Gasteiger charge is -2.42. The number of amides is 1. The van der Waals surface area contributed by atoms with Gasteiger partial charge in [-0.2, -0.15) is 0 Å². The predicted molar refractivity (Wildman–Crippen MR) is 239 cm³/mol. The predicted octanol–water partition coefficient (Wildman–Crippen LogP) is 6.56. The largest absolute Gasteiger partial charge is 0.460 e. The zero-order valence-electron chi connectivity index (χ0n) is 39.3. The zero-order chi connectivity index (χ0) is 46.6. The molecular formula is C50H77NO12. The van der Waals surface area contributed by atoms with Gasteiger partial charge in [-0.15, -0.1) is 0 Å². The molecule has 1 aliphatic carbocycles. The van der Waals surface area contributed by atoms with Crippen molar-refractivity contribution in [2.24, 2.45) is 35.5 Å². The number of cyclic esters (lactones) is 1. The number of carbonyl (C=O) groups excluding carboxylic acids is 5. The molecule has 3 fully saturated rings. The fraction of sp³-hybridized carbons (Fsp3) is 0.740. The van der Waals surface area contributed by atoms with Crippen molar-refractivity contribution in [2.75, 3.05) is 20.8 Å². The highest BCUT2D eigenvalue weighted by molar-refractivity contribution is 6.39. The van der Waals surface area contributed by atoms with E-state index in [9.17, 15) is 39.3 Å². The van der Waals surface area contributed by atoms with Gasteiger partial charge in [0.2, 0.25) is 5.79 Å². The van der Waals surface area contributed by atoms with Crippen molar-refractivity contribution in [3.8, 4) is 0 Å². The van der Waals surface area contributed by atoms with Gasteiger partial charge < -0.3 is 39.2 Å². The summed E-state index contributed by atoms with van der Waals surface area (Å²) in [6.45, 7) is 12.9. The second-order valence-corrected chi connectivity index (χ2v) is 19.3. The lowest BCUT2D eigenvalue weighted by atomic mass is 9.78. The first kappa shape index (κ1) is 52.3. The van der Waals surface area contributed by atoms with Gasteiger partial charge in [0.1, 0.15) is 23.7 Å². The fourth-order valence-corrected chi connectivity index (χ4v) is 9.78. The molecule has 1 amide bonds. The van der Waals surface area contributed by atoms with Crippen LogP contribution in [0.3, 0.4) is 0 Å². The number of aliphatic hydroxyl groups is 3. The van der Waals surface area contributed by atoms with Crippen LogP contribution >= 0.6 is 0 Å². The van der Waals surface area contributed by atoms with Crippen molar-refractivity contribution in [2.45, 2.75) is 180 Å². The molecule has 0 aromatic heterocycles. The normalized spacial score (nSPS) is 40.1. The van der Waals surface area contributed by atoms with E-state index in [0.717, 1.165) is 12.0 Å². The number of carbonyl (C=O) groups is 5. The van der Waals surface area contributed by atoms with Crippen LogP contribution in [0.15, 0.2) is 47.6 Å². The highest BCUT2D eigenvalue weighted by Gasteiger charge is 2.53. The van der Waals surface area contributed by atoms with Gasteiger partial charge >= 0.3 is 5.97 Å². The minimum Gasteiger partial charge on any atom is -0.460 e. The molecule has 2 bridgehead atoms. The van der Waals surface area contributed by atoms with E-state index in [4.69, 9.17) is 18.9 Å². The Labute approximate surface area is 375 Å². The van der Waals surface area contributed by atoms with E-state index in [2.05, 4.69) is 0 Å². The number of ether oxygens (including phenoxy) is 4. The van der Waals surface area contributed by atoms with Gasteiger partial charge in [-0.25, -0.2) is 4.79 Å². The van der Waals surface area contributed by atoms with Gasteiger partial charge in [0.25, 0.3) is 11.7 Å². The third kappa shape index (κ3) is 14.3. The Balaban J connectivity index is 1.67. The molecule has 354 valence electrons. The number of hydrogen-bond donors (Lipinski definition) is 3. The van der Waals surface area contributed by atoms with E-state index in [0.29, 0.717) is 63.4 Å². The van der Waals surface area contributed by atoms with Crippen molar-refractivity contribution in [1.29, 1.82) is 0 Å². The fourth-order valence-electron chi connectivity index (χ4n) is 9.78. The van der Waals surface area contributed by atoms with Crippen molar-refractivity contribution in [3.63, 3.8) is 0 Å². The van der Waals surface area contributed by atoms with Gasteiger partial charge in [-0.05, 0) is 107 Å². The molecule has 3 aliphatic heterocycles. The number of rotatable bonds is 5. The van der Waals surface area contributed by atoms with Gasteiger partial charge in [-0.3, -0.25) is 19.2 Å². The molecule has 14 atom stereocenters. The molecule has 63 heavy (non-hydrogen) atoms. The zero-order valence-corrected chi connectivity index (χ0v) is 39.3. The SMILES string of the molecule is COC1CC2CCC(C)C(O)(O2)C(=O)C(=O)N2CCCCC2C(=O)OC(C(C)CC2CCC(O)C(OC)C2)CC(=O)C(C)/C=C(\C)C(O)CC(=O)C(C)CC(C)/C=C/C=C/C=C\1C. The third-order valence-electron chi connectivity index (χ3n) is 14.2. The summed E-state index contributed by atoms with van der Waals surface area (Å²) in [5, 5.41) is 33.5. The van der Waals surface area contributed by atoms with Crippen molar-refractivity contribution < 1.29 is 58.2 Å². The summed E-state index contributed by atoms with van der Waals surface area (Å²) >= 11 is 0. The number of methoxy groups -OCH3 is 2. The molecular weight excluding hydrogens is 807 g/mol. The number of aliphatic hydroxyl groups excluding tert-OH is 2. The minimum absolute atomic E-state index is 0.0725. The molecule has 0 spiro atoms. The quantitative estimate of drug-likeness (QED) is 0.154. The van der Waals surface area contributed by atoms with Crippen LogP contribution in [0, 0.1) is 35.5 Å². The topological polar surface area (TPSA) is 186 Å². The first-order valence-corrected chi connectivity index (χ1v) is 23.4. The third-order valence-corrected chi connectivity index (χ3v) is 14.2. The first-order valence-electron chi connectivity index (χ1n) is 23.4. The molecule has 2 saturated heterocycles. The summed E-state index contributed by atoms with van der Waals surface area (Å²) in [5.74, 6) is -7.36. The number of esters is 1. The van der Waals surface area contributed by atoms with Crippen LogP contribution in [0.1, 0.15) is 132 Å². The van der Waals surface area contributed by atoms with Crippen LogP contribution in [0.5, 0.6) is 0 Å². The van der Waals surface area contributed by atoms with Crippen molar-refractivity contribution in [3.05, 3.63) is 47.6 Å². The Morgan fingerprint density at radius 1 is 0.841 bits per heavy atom. The number of allylic oxidation sites excluding steroid dienone is 6. The van der Waals surface area contributed by atoms with Gasteiger partial charge in [-0.1, -0.05) is 71.1 Å². The Kier molecular flexibility index (Phi) is 20.1. The number of piperidine rings is 1. The maximum absolute atomic E-state index is 14.3. The Bertz CT molecular complexity index is 1700. The van der Waals surface area contributed by atoms with E-state index in [1.807, 2.05) is 58.1 Å². The average molecular weight is 884 g/mol. The highest BCUT2D eigenvalue weighted by atomic mass is 16.6. The van der Waals surface area contributed by atoms with Crippen molar-refractivity contribution >= 4 is 29.2 Å². The minimum atomic E-state index is -2.42. The van der Waals surface area contributed by atoms with Gasteiger partial charge in [0.05, 0.1) is 30.5 Å². The summed E-state index contributed by atoms with van der Waals surface area (Å²) in [7, 11) is 3.15. The maximum atomic E-state index is 14.3. The number of nitrogens with zero attached hydrogens (tertiary/aromatic N) is 1. The average Bonchev–Trinajstić information content (AvgIpc) is 3.25. The Morgan fingerprint density at radius 3 is 2.27 bits per heavy atom. The highest BCUT2D eigenvalue weighted by Crippen LogP contribution is 2.37.